The van der Waals surface area contributed by atoms with Gasteiger partial charge in [0.25, 0.3) is 0 Å². The lowest BCUT2D eigenvalue weighted by Gasteiger charge is -2.73. The van der Waals surface area contributed by atoms with Crippen LogP contribution in [0.4, 0.5) is 0 Å². The molecule has 0 aromatic heterocycles. The molecule has 4 rings (SSSR count). The van der Waals surface area contributed by atoms with Crippen LogP contribution in [0.1, 0.15) is 59.8 Å². The molecule has 4 aliphatic carbocycles. The number of ether oxygens (including phenoxy) is 1. The van der Waals surface area contributed by atoms with Crippen LogP contribution in [0, 0.1) is 28.6 Å². The van der Waals surface area contributed by atoms with E-state index in [4.69, 9.17) is 4.74 Å². The minimum atomic E-state index is 0.151. The van der Waals surface area contributed by atoms with Crippen molar-refractivity contribution in [3.05, 3.63) is 0 Å². The molecule has 0 spiro atoms. The van der Waals surface area contributed by atoms with E-state index in [1.807, 2.05) is 7.11 Å². The van der Waals surface area contributed by atoms with Crippen molar-refractivity contribution in [1.29, 1.82) is 0 Å². The highest BCUT2D eigenvalue weighted by Crippen LogP contribution is 2.72. The lowest BCUT2D eigenvalue weighted by molar-refractivity contribution is -0.302. The van der Waals surface area contributed by atoms with Gasteiger partial charge in [0.15, 0.2) is 0 Å². The highest BCUT2D eigenvalue weighted by molar-refractivity contribution is 5.20. The average Bonchev–Trinajstić information content (AvgIpc) is 2.27. The molecule has 0 aromatic carbocycles. The molecule has 0 aliphatic heterocycles. The van der Waals surface area contributed by atoms with E-state index < -0.39 is 0 Å². The van der Waals surface area contributed by atoms with E-state index in [0.717, 1.165) is 17.8 Å². The van der Waals surface area contributed by atoms with Gasteiger partial charge in [-0.05, 0) is 55.3 Å². The summed E-state index contributed by atoms with van der Waals surface area (Å²) >= 11 is 0. The van der Waals surface area contributed by atoms with Gasteiger partial charge in [-0.25, -0.2) is 0 Å². The third-order valence-electron chi connectivity index (χ3n) is 7.34. The quantitative estimate of drug-likeness (QED) is 0.661. The Morgan fingerprint density at radius 2 is 1.76 bits per heavy atom. The van der Waals surface area contributed by atoms with Crippen molar-refractivity contribution < 1.29 is 4.74 Å². The zero-order valence-corrected chi connectivity index (χ0v) is 12.2. The Balaban J connectivity index is 2.15. The first-order valence-electron chi connectivity index (χ1n) is 7.44. The van der Waals surface area contributed by atoms with Gasteiger partial charge in [-0.3, -0.25) is 0 Å². The van der Waals surface area contributed by atoms with Crippen molar-refractivity contribution in [1.82, 2.24) is 0 Å². The standard InChI is InChI=1S/C16H28O/c1-11-6-9-16(17-5)14(2,3)12-7-8-15(16,4)13(11)10-12/h11-13H,6-10H2,1-5H3. The maximum absolute atomic E-state index is 6.25. The zero-order chi connectivity index (χ0) is 12.5. The summed E-state index contributed by atoms with van der Waals surface area (Å²) in [5.74, 6) is 2.70. The minimum absolute atomic E-state index is 0.151. The van der Waals surface area contributed by atoms with Gasteiger partial charge in [0.05, 0.1) is 5.60 Å². The summed E-state index contributed by atoms with van der Waals surface area (Å²) in [6.45, 7) is 9.96. The van der Waals surface area contributed by atoms with E-state index >= 15 is 0 Å². The summed E-state index contributed by atoms with van der Waals surface area (Å²) < 4.78 is 6.25. The SMILES string of the molecule is COC12CCC(C)C3CC(CCC31C)C2(C)C. The van der Waals surface area contributed by atoms with Crippen molar-refractivity contribution in [3.63, 3.8) is 0 Å². The second-order valence-corrected chi connectivity index (χ2v) is 7.76. The van der Waals surface area contributed by atoms with Crippen LogP contribution in [0.2, 0.25) is 0 Å². The van der Waals surface area contributed by atoms with E-state index in [0.29, 0.717) is 10.8 Å². The van der Waals surface area contributed by atoms with Gasteiger partial charge in [-0.15, -0.1) is 0 Å². The van der Waals surface area contributed by atoms with Crippen LogP contribution in [0.15, 0.2) is 0 Å². The monoisotopic (exact) mass is 236 g/mol. The molecular weight excluding hydrogens is 208 g/mol. The lowest BCUT2D eigenvalue weighted by Crippen LogP contribution is -2.72. The van der Waals surface area contributed by atoms with Crippen LogP contribution in [0.25, 0.3) is 0 Å². The van der Waals surface area contributed by atoms with Gasteiger partial charge in [0.2, 0.25) is 0 Å². The van der Waals surface area contributed by atoms with Crippen molar-refractivity contribution in [2.45, 2.75) is 65.4 Å². The number of hydrogen-bond acceptors (Lipinski definition) is 1. The summed E-state index contributed by atoms with van der Waals surface area (Å²) in [7, 11) is 1.97. The summed E-state index contributed by atoms with van der Waals surface area (Å²) in [6, 6.07) is 0. The molecule has 4 fully saturated rings. The molecule has 0 aromatic rings. The maximum Gasteiger partial charge on any atom is 0.0788 e. The van der Waals surface area contributed by atoms with E-state index in [9.17, 15) is 0 Å². The highest BCUT2D eigenvalue weighted by Gasteiger charge is 2.70. The van der Waals surface area contributed by atoms with Crippen LogP contribution >= 0.6 is 0 Å². The largest absolute Gasteiger partial charge is 0.377 e. The van der Waals surface area contributed by atoms with Crippen molar-refractivity contribution in [3.8, 4) is 0 Å². The predicted octanol–water partition coefficient (Wildman–Crippen LogP) is 4.26. The van der Waals surface area contributed by atoms with Crippen LogP contribution in [0.5, 0.6) is 0 Å². The van der Waals surface area contributed by atoms with Gasteiger partial charge >= 0.3 is 0 Å². The van der Waals surface area contributed by atoms with Crippen LogP contribution in [-0.2, 0) is 4.74 Å². The van der Waals surface area contributed by atoms with Crippen molar-refractivity contribution in [2.24, 2.45) is 28.6 Å². The molecular formula is C16H28O. The fraction of sp³-hybridized carbons (Fsp3) is 1.00. The molecule has 17 heavy (non-hydrogen) atoms. The fourth-order valence-electron chi connectivity index (χ4n) is 6.26. The molecule has 0 radical (unpaired) electrons. The summed E-state index contributed by atoms with van der Waals surface area (Å²) in [6.07, 6.45) is 6.92. The Hall–Kier alpha value is -0.0400. The molecule has 0 heterocycles. The Morgan fingerprint density at radius 1 is 1.06 bits per heavy atom. The summed E-state index contributed by atoms with van der Waals surface area (Å²) in [5, 5.41) is 0. The van der Waals surface area contributed by atoms with E-state index in [1.165, 1.54) is 32.1 Å². The van der Waals surface area contributed by atoms with Crippen LogP contribution in [0.3, 0.4) is 0 Å². The summed E-state index contributed by atoms with van der Waals surface area (Å²) in [4.78, 5) is 0. The van der Waals surface area contributed by atoms with Crippen molar-refractivity contribution >= 4 is 0 Å². The topological polar surface area (TPSA) is 9.23 Å². The number of hydrogen-bond donors (Lipinski definition) is 0. The van der Waals surface area contributed by atoms with Crippen LogP contribution < -0.4 is 0 Å². The molecule has 1 nitrogen and oxygen atoms in total. The molecule has 4 bridgehead atoms. The molecule has 5 unspecified atom stereocenters. The van der Waals surface area contributed by atoms with Crippen LogP contribution in [-0.4, -0.2) is 12.7 Å². The zero-order valence-electron chi connectivity index (χ0n) is 12.2. The molecule has 98 valence electrons. The summed E-state index contributed by atoms with van der Waals surface area (Å²) in [5.41, 5.74) is 0.946. The van der Waals surface area contributed by atoms with Gasteiger partial charge in [0.1, 0.15) is 0 Å². The maximum atomic E-state index is 6.25. The lowest BCUT2D eigenvalue weighted by atomic mass is 9.35. The smallest absolute Gasteiger partial charge is 0.0788 e. The van der Waals surface area contributed by atoms with E-state index in [-0.39, 0.29) is 5.60 Å². The van der Waals surface area contributed by atoms with Crippen molar-refractivity contribution in [2.75, 3.05) is 7.11 Å². The molecule has 0 N–H and O–H groups in total. The molecule has 5 atom stereocenters. The first-order chi connectivity index (χ1) is 7.89. The van der Waals surface area contributed by atoms with E-state index in [2.05, 4.69) is 27.7 Å². The Kier molecular flexibility index (Phi) is 2.32. The first-order valence-corrected chi connectivity index (χ1v) is 7.44. The second kappa shape index (κ2) is 3.29. The molecule has 0 saturated heterocycles. The van der Waals surface area contributed by atoms with E-state index in [1.54, 1.807) is 0 Å². The molecule has 1 heteroatoms. The van der Waals surface area contributed by atoms with Gasteiger partial charge in [0, 0.05) is 12.5 Å². The predicted molar refractivity (Wildman–Crippen MR) is 70.9 cm³/mol. The molecule has 4 aliphatic rings. The molecule has 0 amide bonds. The normalized spacial score (nSPS) is 55.9. The fourth-order valence-corrected chi connectivity index (χ4v) is 6.26. The Morgan fingerprint density at radius 3 is 2.41 bits per heavy atom. The third kappa shape index (κ3) is 1.11. The van der Waals surface area contributed by atoms with Gasteiger partial charge in [-0.2, -0.15) is 0 Å². The van der Waals surface area contributed by atoms with Gasteiger partial charge < -0.3 is 4.74 Å². The van der Waals surface area contributed by atoms with Gasteiger partial charge in [-0.1, -0.05) is 27.7 Å². The highest BCUT2D eigenvalue weighted by atomic mass is 16.5. The minimum Gasteiger partial charge on any atom is -0.377 e. The second-order valence-electron chi connectivity index (χ2n) is 7.76. The number of methoxy groups -OCH3 is 1. The number of fused-ring (bicyclic) bond motifs is 1. The Bertz CT molecular complexity index is 334. The average molecular weight is 236 g/mol. The number of rotatable bonds is 1. The molecule has 4 saturated carbocycles. The Labute approximate surface area is 106 Å². The first kappa shape index (κ1) is 12.0. The third-order valence-corrected chi connectivity index (χ3v) is 7.34.